The average Bonchev–Trinajstić information content (AvgIpc) is 3.80. The summed E-state index contributed by atoms with van der Waals surface area (Å²) < 4.78 is 5.98. The fourth-order valence-electron chi connectivity index (χ4n) is 6.30. The van der Waals surface area contributed by atoms with Crippen molar-refractivity contribution in [3.63, 3.8) is 0 Å². The first-order valence-corrected chi connectivity index (χ1v) is 21.3. The highest BCUT2D eigenvalue weighted by atomic mass is 32.1. The van der Waals surface area contributed by atoms with Crippen molar-refractivity contribution in [2.24, 2.45) is 0 Å². The van der Waals surface area contributed by atoms with Crippen LogP contribution in [0.15, 0.2) is 24.3 Å². The molecule has 0 fully saturated rings. The van der Waals surface area contributed by atoms with E-state index in [1.807, 2.05) is 45.3 Å². The second-order valence-corrected chi connectivity index (χ2v) is 18.3. The van der Waals surface area contributed by atoms with Crippen LogP contribution in [-0.2, 0) is 12.8 Å². The van der Waals surface area contributed by atoms with Gasteiger partial charge in [-0.2, -0.15) is 0 Å². The molecular weight excluding hydrogens is 617 g/mol. The van der Waals surface area contributed by atoms with Gasteiger partial charge in [0.2, 0.25) is 0 Å². The van der Waals surface area contributed by atoms with Crippen molar-refractivity contribution in [1.82, 2.24) is 0 Å². The van der Waals surface area contributed by atoms with E-state index in [0.29, 0.717) is 0 Å². The summed E-state index contributed by atoms with van der Waals surface area (Å²) in [6.45, 7) is 9.21. The summed E-state index contributed by atoms with van der Waals surface area (Å²) in [5, 5.41) is 0. The third kappa shape index (κ3) is 9.06. The van der Waals surface area contributed by atoms with Gasteiger partial charge in [-0.25, -0.2) is 0 Å². The van der Waals surface area contributed by atoms with Crippen LogP contribution >= 0.6 is 56.7 Å². The van der Waals surface area contributed by atoms with E-state index in [0.717, 1.165) is 0 Å². The van der Waals surface area contributed by atoms with Crippen LogP contribution in [0, 0.1) is 13.8 Å². The van der Waals surface area contributed by atoms with E-state index in [1.54, 1.807) is 16.0 Å². The lowest BCUT2D eigenvalue weighted by atomic mass is 10.0. The van der Waals surface area contributed by atoms with E-state index in [9.17, 15) is 0 Å². The molecule has 0 radical (unpaired) electrons. The lowest BCUT2D eigenvalue weighted by molar-refractivity contribution is 0.575. The quantitative estimate of drug-likeness (QED) is 0.0724. The summed E-state index contributed by atoms with van der Waals surface area (Å²) >= 11 is 10.1. The van der Waals surface area contributed by atoms with Crippen molar-refractivity contribution in [3.8, 4) is 19.5 Å². The molecule has 5 aromatic rings. The van der Waals surface area contributed by atoms with Crippen LogP contribution in [0.2, 0.25) is 0 Å². The highest BCUT2D eigenvalue weighted by molar-refractivity contribution is 7.40. The molecule has 5 aromatic heterocycles. The molecule has 43 heavy (non-hydrogen) atoms. The van der Waals surface area contributed by atoms with Crippen molar-refractivity contribution in [2.45, 2.75) is 143 Å². The fourth-order valence-corrected chi connectivity index (χ4v) is 12.7. The normalized spacial score (nSPS) is 12.0. The maximum Gasteiger partial charge on any atom is 0.0636 e. The highest BCUT2D eigenvalue weighted by Crippen LogP contribution is 2.49. The number of aryl methyl sites for hydroxylation is 4. The van der Waals surface area contributed by atoms with Crippen LogP contribution in [0.25, 0.3) is 38.3 Å². The van der Waals surface area contributed by atoms with Gasteiger partial charge < -0.3 is 0 Å². The first-order valence-electron chi connectivity index (χ1n) is 17.2. The smallest absolute Gasteiger partial charge is 0.0636 e. The molecule has 234 valence electrons. The molecule has 0 unspecified atom stereocenters. The zero-order valence-electron chi connectivity index (χ0n) is 27.1. The van der Waals surface area contributed by atoms with Gasteiger partial charge in [-0.3, -0.25) is 0 Å². The van der Waals surface area contributed by atoms with Crippen molar-refractivity contribution in [2.75, 3.05) is 0 Å². The zero-order chi connectivity index (χ0) is 30.0. The number of unbranched alkanes of at least 4 members (excludes halogenated alkanes) is 14. The Bertz CT molecular complexity index is 1530. The minimum atomic E-state index is 1.22. The van der Waals surface area contributed by atoms with Crippen LogP contribution < -0.4 is 0 Å². The van der Waals surface area contributed by atoms with Crippen LogP contribution in [0.3, 0.4) is 0 Å². The molecule has 0 N–H and O–H groups in total. The molecule has 0 saturated carbocycles. The summed E-state index contributed by atoms with van der Waals surface area (Å²) in [5.74, 6) is 0. The highest BCUT2D eigenvalue weighted by Gasteiger charge is 2.19. The Hall–Kier alpha value is -0.980. The fraction of sp³-hybridized carbons (Fsp3) is 0.579. The van der Waals surface area contributed by atoms with E-state index >= 15 is 0 Å². The summed E-state index contributed by atoms with van der Waals surface area (Å²) in [6.07, 6.45) is 24.7. The second kappa shape index (κ2) is 17.1. The van der Waals surface area contributed by atoms with E-state index in [1.165, 1.54) is 159 Å². The molecule has 0 bridgehead atoms. The molecule has 5 heteroatoms. The van der Waals surface area contributed by atoms with Crippen LogP contribution in [0.4, 0.5) is 0 Å². The Morgan fingerprint density at radius 2 is 0.953 bits per heavy atom. The van der Waals surface area contributed by atoms with Crippen molar-refractivity contribution in [1.29, 1.82) is 0 Å². The number of hydrogen-bond donors (Lipinski definition) is 0. The maximum absolute atomic E-state index is 2.57. The first-order chi connectivity index (χ1) is 21.1. The summed E-state index contributed by atoms with van der Waals surface area (Å²) in [4.78, 5) is 8.99. The van der Waals surface area contributed by atoms with Gasteiger partial charge in [0.1, 0.15) is 0 Å². The van der Waals surface area contributed by atoms with E-state index in [2.05, 4.69) is 63.3 Å². The third-order valence-corrected chi connectivity index (χ3v) is 15.2. The van der Waals surface area contributed by atoms with Gasteiger partial charge in [-0.15, -0.1) is 56.7 Å². The van der Waals surface area contributed by atoms with Gasteiger partial charge in [-0.1, -0.05) is 104 Å². The van der Waals surface area contributed by atoms with Crippen molar-refractivity contribution < 1.29 is 0 Å². The van der Waals surface area contributed by atoms with Crippen molar-refractivity contribution in [3.05, 3.63) is 45.1 Å². The molecule has 5 rings (SSSR count). The van der Waals surface area contributed by atoms with E-state index in [-0.39, 0.29) is 0 Å². The Kier molecular flexibility index (Phi) is 13.3. The Morgan fingerprint density at radius 3 is 1.60 bits per heavy atom. The summed E-state index contributed by atoms with van der Waals surface area (Å²) in [5.41, 5.74) is 3.19. The molecule has 0 nitrogen and oxygen atoms in total. The molecule has 0 aliphatic carbocycles. The lowest BCUT2D eigenvalue weighted by Gasteiger charge is -2.03. The maximum atomic E-state index is 2.57. The average molecular weight is 669 g/mol. The molecule has 5 heterocycles. The molecule has 0 saturated heterocycles. The first kappa shape index (κ1) is 33.4. The molecular formula is C38H52S5. The Morgan fingerprint density at radius 1 is 0.442 bits per heavy atom. The van der Waals surface area contributed by atoms with E-state index < -0.39 is 0 Å². The number of hydrogen-bond acceptors (Lipinski definition) is 5. The minimum Gasteiger partial charge on any atom is -0.139 e. The monoisotopic (exact) mass is 668 g/mol. The second-order valence-electron chi connectivity index (χ2n) is 12.6. The largest absolute Gasteiger partial charge is 0.139 e. The van der Waals surface area contributed by atoms with Gasteiger partial charge in [0.15, 0.2) is 0 Å². The Balaban J connectivity index is 1.27. The van der Waals surface area contributed by atoms with Gasteiger partial charge >= 0.3 is 0 Å². The molecule has 0 amide bonds. The lowest BCUT2D eigenvalue weighted by Crippen LogP contribution is -1.86. The molecule has 0 aliphatic rings. The van der Waals surface area contributed by atoms with Gasteiger partial charge in [0.05, 0.1) is 9.40 Å². The zero-order valence-corrected chi connectivity index (χ0v) is 31.2. The molecule has 0 atom stereocenters. The number of thiophene rings is 5. The molecule has 0 spiro atoms. The van der Waals surface area contributed by atoms with Gasteiger partial charge in [0, 0.05) is 38.7 Å². The van der Waals surface area contributed by atoms with Crippen molar-refractivity contribution >= 4 is 75.5 Å². The number of rotatable bonds is 20. The molecule has 0 aromatic carbocycles. The SMILES string of the molecule is CCCCCCCCCCc1cc(-c2cc(CCCCCCCCCC)c(-c3cc4sc5cc(C)sc5c4s3)s2)sc1C. The standard InChI is InChI=1S/C38H52S5/c1-5-7-9-11-13-15-17-19-21-29-24-31(40-28(29)4)32-25-30(22-20-18-16-14-12-10-8-6-2)36(42-32)34-26-35-38(43-34)37-33(41-35)23-27(3)39-37/h23-26H,5-22H2,1-4H3. The predicted molar refractivity (Wildman–Crippen MR) is 204 cm³/mol. The van der Waals surface area contributed by atoms with Crippen LogP contribution in [-0.4, -0.2) is 0 Å². The van der Waals surface area contributed by atoms with Gasteiger partial charge in [-0.05, 0) is 74.9 Å². The predicted octanol–water partition coefficient (Wildman–Crippen LogP) is 15.6. The van der Waals surface area contributed by atoms with Crippen LogP contribution in [0.5, 0.6) is 0 Å². The third-order valence-electron chi connectivity index (χ3n) is 8.84. The van der Waals surface area contributed by atoms with E-state index in [4.69, 9.17) is 0 Å². The summed E-state index contributed by atoms with van der Waals surface area (Å²) in [7, 11) is 0. The number of fused-ring (bicyclic) bond motifs is 3. The minimum absolute atomic E-state index is 1.22. The molecule has 0 aliphatic heterocycles. The van der Waals surface area contributed by atoms with Crippen LogP contribution in [0.1, 0.15) is 137 Å². The topological polar surface area (TPSA) is 0 Å². The van der Waals surface area contributed by atoms with Gasteiger partial charge in [0.25, 0.3) is 0 Å². The Labute approximate surface area is 281 Å². The summed E-state index contributed by atoms with van der Waals surface area (Å²) in [6, 6.07) is 10.00.